The smallest absolute Gasteiger partial charge is 0.264 e. The lowest BCUT2D eigenvalue weighted by Gasteiger charge is -2.24. The minimum absolute atomic E-state index is 0.0349. The summed E-state index contributed by atoms with van der Waals surface area (Å²) >= 11 is 4.40. The van der Waals surface area contributed by atoms with Crippen LogP contribution in [0.4, 0.5) is 0 Å². The lowest BCUT2D eigenvalue weighted by atomic mass is 10.0. The second kappa shape index (κ2) is 16.5. The number of amides is 3. The number of carbonyl (C=O) groups excluding carboxylic acids is 3. The highest BCUT2D eigenvalue weighted by Crippen LogP contribution is 2.37. The van der Waals surface area contributed by atoms with Crippen molar-refractivity contribution in [2.24, 2.45) is 0 Å². The summed E-state index contributed by atoms with van der Waals surface area (Å²) in [6, 6.07) is 6.40. The van der Waals surface area contributed by atoms with Crippen molar-refractivity contribution in [2.75, 3.05) is 26.4 Å². The van der Waals surface area contributed by atoms with Gasteiger partial charge in [-0.1, -0.05) is 0 Å². The van der Waals surface area contributed by atoms with Crippen LogP contribution in [0.15, 0.2) is 18.2 Å². The van der Waals surface area contributed by atoms with Crippen molar-refractivity contribution < 1.29 is 23.9 Å². The Kier molecular flexibility index (Phi) is 11.3. The number of nitrogens with zero attached hydrogens (tertiary/aromatic N) is 4. The highest BCUT2D eigenvalue weighted by molar-refractivity contribution is 7.21. The molecule has 6 aromatic heterocycles. The summed E-state index contributed by atoms with van der Waals surface area (Å²) in [6.45, 7) is 16.8. The molecule has 2 unspecified atom stereocenters. The molecule has 9 heterocycles. The fraction of sp³-hybridized carbons (Fsp3) is 0.478. The average molecular weight is 865 g/mol. The van der Waals surface area contributed by atoms with Gasteiger partial charge in [-0.2, -0.15) is 0 Å². The first-order valence-electron chi connectivity index (χ1n) is 21.1. The molecule has 0 aliphatic carbocycles. The third kappa shape index (κ3) is 7.74. The quantitative estimate of drug-likeness (QED) is 0.148. The molecule has 6 aromatic rings. The van der Waals surface area contributed by atoms with E-state index in [1.807, 2.05) is 32.6 Å². The Labute approximate surface area is 362 Å². The summed E-state index contributed by atoms with van der Waals surface area (Å²) in [5.74, 6) is -0.0525. The molecule has 0 bridgehead atoms. The number of hydrogen-bond donors (Lipinski definition) is 2. The third-order valence-corrected chi connectivity index (χ3v) is 16.2. The molecule has 3 saturated heterocycles. The number of aryl methyl sites for hydroxylation is 7. The highest BCUT2D eigenvalue weighted by Gasteiger charge is 2.34. The normalized spacial score (nSPS) is 19.9. The van der Waals surface area contributed by atoms with Crippen molar-refractivity contribution >= 4 is 82.4 Å². The van der Waals surface area contributed by atoms with E-state index in [1.54, 1.807) is 0 Å². The van der Waals surface area contributed by atoms with E-state index in [4.69, 9.17) is 24.4 Å². The van der Waals surface area contributed by atoms with E-state index >= 15 is 0 Å². The first-order valence-corrected chi connectivity index (χ1v) is 23.6. The zero-order chi connectivity index (χ0) is 42.0. The molecule has 3 aliphatic heterocycles. The zero-order valence-electron chi connectivity index (χ0n) is 35.4. The van der Waals surface area contributed by atoms with Gasteiger partial charge in [-0.25, -0.2) is 15.0 Å². The van der Waals surface area contributed by atoms with Crippen molar-refractivity contribution in [3.05, 3.63) is 83.3 Å². The number of rotatable bonds is 9. The summed E-state index contributed by atoms with van der Waals surface area (Å²) in [4.78, 5) is 62.8. The third-order valence-electron chi connectivity index (χ3n) is 12.6. The Bertz CT molecular complexity index is 2690. The number of aromatic nitrogens is 3. The maximum Gasteiger partial charge on any atom is 0.264 e. The summed E-state index contributed by atoms with van der Waals surface area (Å²) in [5, 5.41) is 9.63. The maximum atomic E-state index is 14.1. The fourth-order valence-electron chi connectivity index (χ4n) is 9.73. The Morgan fingerprint density at radius 1 is 0.683 bits per heavy atom. The predicted molar refractivity (Wildman–Crippen MR) is 240 cm³/mol. The lowest BCUT2D eigenvalue weighted by Crippen LogP contribution is -2.38. The van der Waals surface area contributed by atoms with E-state index < -0.39 is 0 Å². The van der Waals surface area contributed by atoms with Crippen LogP contribution in [0, 0.1) is 48.5 Å². The van der Waals surface area contributed by atoms with Gasteiger partial charge < -0.3 is 25.0 Å². The molecule has 2 N–H and O–H groups in total. The van der Waals surface area contributed by atoms with Crippen LogP contribution in [0.1, 0.15) is 112 Å². The Morgan fingerprint density at radius 2 is 1.22 bits per heavy atom. The van der Waals surface area contributed by atoms with E-state index in [1.165, 1.54) is 34.0 Å². The molecule has 0 spiro atoms. The molecule has 14 heteroatoms. The van der Waals surface area contributed by atoms with Gasteiger partial charge in [0, 0.05) is 77.9 Å². The van der Waals surface area contributed by atoms with Gasteiger partial charge in [0.05, 0.1) is 33.4 Å². The number of pyridine rings is 3. The predicted octanol–water partition coefficient (Wildman–Crippen LogP) is 8.56. The topological polar surface area (TPSA) is 136 Å². The van der Waals surface area contributed by atoms with Gasteiger partial charge in [-0.05, 0) is 132 Å². The van der Waals surface area contributed by atoms with Crippen LogP contribution < -0.4 is 10.6 Å². The van der Waals surface area contributed by atoms with E-state index in [9.17, 15) is 14.4 Å². The van der Waals surface area contributed by atoms with Crippen molar-refractivity contribution in [1.29, 1.82) is 0 Å². The first kappa shape index (κ1) is 41.0. The van der Waals surface area contributed by atoms with Crippen LogP contribution in [-0.4, -0.2) is 88.2 Å². The summed E-state index contributed by atoms with van der Waals surface area (Å²) in [5.41, 5.74) is 9.12. The standard InChI is InChI=1S/C46H52N6O5S3/c1-22-15-25(4)47-43-35(22)28(7)40(60-43)46(55)52-12-8-9-33(52)18-30-16-23(2)36-27(6)39(59-44(36)50-30)42(54)49-32-20-34(57-21-32)19-31-17-24(3)37-26(5)38(58-45(37)51-31)41(53)48-29-10-13-56-14-11-29/h15-17,29,32-34H,8-14,18-21H2,1-7H3,(H,48,53)(H,49,54)/t32-,33?,34?/m1/s1. The number of likely N-dealkylation sites (tertiary alicyclic amines) is 1. The van der Waals surface area contributed by atoms with Crippen molar-refractivity contribution in [3.8, 4) is 0 Å². The van der Waals surface area contributed by atoms with Crippen LogP contribution in [0.25, 0.3) is 30.6 Å². The second-order valence-electron chi connectivity index (χ2n) is 17.1. The van der Waals surface area contributed by atoms with E-state index in [-0.39, 0.29) is 42.0 Å². The van der Waals surface area contributed by atoms with Gasteiger partial charge in [-0.3, -0.25) is 14.4 Å². The van der Waals surface area contributed by atoms with Crippen LogP contribution in [0.3, 0.4) is 0 Å². The number of thiophene rings is 3. The van der Waals surface area contributed by atoms with Crippen molar-refractivity contribution in [1.82, 2.24) is 30.5 Å². The number of fused-ring (bicyclic) bond motifs is 3. The van der Waals surface area contributed by atoms with Crippen LogP contribution in [0.5, 0.6) is 0 Å². The fourth-order valence-corrected chi connectivity index (χ4v) is 13.3. The molecular weight excluding hydrogens is 813 g/mol. The summed E-state index contributed by atoms with van der Waals surface area (Å²) in [7, 11) is 0. The molecule has 3 fully saturated rings. The van der Waals surface area contributed by atoms with Crippen molar-refractivity contribution in [3.63, 3.8) is 0 Å². The average Bonchev–Trinajstić information content (AvgIpc) is 4.03. The number of ether oxygens (including phenoxy) is 2. The molecule has 0 aromatic carbocycles. The molecule has 3 aliphatic rings. The van der Waals surface area contributed by atoms with Gasteiger partial charge in [0.2, 0.25) is 0 Å². The Morgan fingerprint density at radius 3 is 1.85 bits per heavy atom. The van der Waals surface area contributed by atoms with Crippen LogP contribution in [0.2, 0.25) is 0 Å². The van der Waals surface area contributed by atoms with Gasteiger partial charge in [0.25, 0.3) is 17.7 Å². The maximum absolute atomic E-state index is 14.1. The number of carbonyl (C=O) groups is 3. The summed E-state index contributed by atoms with van der Waals surface area (Å²) < 4.78 is 11.7. The molecule has 3 amide bonds. The molecular formula is C46H52N6O5S3. The number of nitrogens with one attached hydrogen (secondary N) is 2. The summed E-state index contributed by atoms with van der Waals surface area (Å²) in [6.07, 6.45) is 5.46. The minimum Gasteiger partial charge on any atom is -0.381 e. The molecule has 9 rings (SSSR count). The second-order valence-corrected chi connectivity index (χ2v) is 20.1. The Hall–Kier alpha value is -4.34. The van der Waals surface area contributed by atoms with E-state index in [0.29, 0.717) is 44.0 Å². The zero-order valence-corrected chi connectivity index (χ0v) is 37.8. The van der Waals surface area contributed by atoms with Gasteiger partial charge >= 0.3 is 0 Å². The minimum atomic E-state index is -0.120. The Balaban J connectivity index is 0.848. The lowest BCUT2D eigenvalue weighted by molar-refractivity contribution is 0.0696. The molecule has 0 saturated carbocycles. The van der Waals surface area contributed by atoms with Gasteiger partial charge in [0.15, 0.2) is 0 Å². The van der Waals surface area contributed by atoms with E-state index in [2.05, 4.69) is 49.6 Å². The largest absolute Gasteiger partial charge is 0.381 e. The van der Waals surface area contributed by atoms with Crippen LogP contribution >= 0.6 is 34.0 Å². The molecule has 60 heavy (non-hydrogen) atoms. The molecule has 0 radical (unpaired) electrons. The van der Waals surface area contributed by atoms with Gasteiger partial charge in [-0.15, -0.1) is 34.0 Å². The monoisotopic (exact) mass is 864 g/mol. The first-order chi connectivity index (χ1) is 28.8. The SMILES string of the molecule is Cc1cc(C)c2c(C)c(C(=O)N3CCCC3Cc3cc(C)c4c(C)c(C(=O)N[C@H]5COC(Cc6cc(C)c7c(C)c(C(=O)NC8CCOCC8)sc7n6)C5)sc4n3)sc2n1. The van der Waals surface area contributed by atoms with Gasteiger partial charge in [0.1, 0.15) is 14.5 Å². The van der Waals surface area contributed by atoms with Crippen molar-refractivity contribution in [2.45, 2.75) is 118 Å². The van der Waals surface area contributed by atoms with Crippen LogP contribution in [-0.2, 0) is 22.3 Å². The highest BCUT2D eigenvalue weighted by atomic mass is 32.1. The van der Waals surface area contributed by atoms with E-state index in [0.717, 1.165) is 123 Å². The molecule has 11 nitrogen and oxygen atoms in total. The molecule has 314 valence electrons. The molecule has 3 atom stereocenters. The number of hydrogen-bond acceptors (Lipinski definition) is 11.